The van der Waals surface area contributed by atoms with E-state index in [0.29, 0.717) is 11.1 Å². The highest BCUT2D eigenvalue weighted by Gasteiger charge is 2.15. The van der Waals surface area contributed by atoms with Gasteiger partial charge in [0.1, 0.15) is 11.9 Å². The third-order valence-corrected chi connectivity index (χ3v) is 2.73. The summed E-state index contributed by atoms with van der Waals surface area (Å²) in [7, 11) is 0. The van der Waals surface area contributed by atoms with E-state index >= 15 is 0 Å². The maximum absolute atomic E-state index is 11.3. The molecule has 1 atom stereocenters. The SMILES string of the molecule is C=C(C)C(=O)OC(C)c1ccc(I)cc1O. The molecule has 4 heteroatoms. The van der Waals surface area contributed by atoms with Crippen LogP contribution in [0.1, 0.15) is 25.5 Å². The van der Waals surface area contributed by atoms with Crippen molar-refractivity contribution in [1.82, 2.24) is 0 Å². The van der Waals surface area contributed by atoms with Crippen molar-refractivity contribution in [1.29, 1.82) is 0 Å². The minimum absolute atomic E-state index is 0.133. The van der Waals surface area contributed by atoms with Gasteiger partial charge in [-0.1, -0.05) is 12.6 Å². The first-order valence-electron chi connectivity index (χ1n) is 4.76. The van der Waals surface area contributed by atoms with Crippen LogP contribution < -0.4 is 0 Å². The van der Waals surface area contributed by atoms with E-state index in [2.05, 4.69) is 29.2 Å². The Hall–Kier alpha value is -1.04. The smallest absolute Gasteiger partial charge is 0.333 e. The number of esters is 1. The molecule has 0 aliphatic carbocycles. The topological polar surface area (TPSA) is 46.5 Å². The monoisotopic (exact) mass is 332 g/mol. The molecule has 1 aromatic rings. The molecule has 16 heavy (non-hydrogen) atoms. The van der Waals surface area contributed by atoms with Gasteiger partial charge in [0, 0.05) is 14.7 Å². The van der Waals surface area contributed by atoms with Gasteiger partial charge < -0.3 is 9.84 Å². The van der Waals surface area contributed by atoms with E-state index in [4.69, 9.17) is 4.74 Å². The van der Waals surface area contributed by atoms with Crippen molar-refractivity contribution in [3.05, 3.63) is 39.5 Å². The maximum Gasteiger partial charge on any atom is 0.333 e. The minimum Gasteiger partial charge on any atom is -0.507 e. The van der Waals surface area contributed by atoms with E-state index < -0.39 is 12.1 Å². The second kappa shape index (κ2) is 5.34. The Balaban J connectivity index is 2.84. The lowest BCUT2D eigenvalue weighted by atomic mass is 10.1. The van der Waals surface area contributed by atoms with Gasteiger partial charge in [0.05, 0.1) is 0 Å². The second-order valence-electron chi connectivity index (χ2n) is 3.53. The first kappa shape index (κ1) is 13.0. The van der Waals surface area contributed by atoms with Crippen LogP contribution in [-0.2, 0) is 9.53 Å². The van der Waals surface area contributed by atoms with E-state index in [-0.39, 0.29) is 5.75 Å². The summed E-state index contributed by atoms with van der Waals surface area (Å²) in [6, 6.07) is 5.22. The molecule has 1 N–H and O–H groups in total. The molecule has 0 heterocycles. The minimum atomic E-state index is -0.485. The summed E-state index contributed by atoms with van der Waals surface area (Å²) >= 11 is 2.10. The van der Waals surface area contributed by atoms with E-state index in [0.717, 1.165) is 3.57 Å². The van der Waals surface area contributed by atoms with E-state index in [1.54, 1.807) is 26.0 Å². The third-order valence-electron chi connectivity index (χ3n) is 2.06. The van der Waals surface area contributed by atoms with Gasteiger partial charge in [-0.25, -0.2) is 4.79 Å². The zero-order valence-electron chi connectivity index (χ0n) is 9.16. The Labute approximate surface area is 108 Å². The fourth-order valence-electron chi connectivity index (χ4n) is 1.19. The van der Waals surface area contributed by atoms with Crippen molar-refractivity contribution in [2.75, 3.05) is 0 Å². The van der Waals surface area contributed by atoms with Crippen molar-refractivity contribution in [2.45, 2.75) is 20.0 Å². The Bertz CT molecular complexity index is 426. The van der Waals surface area contributed by atoms with Crippen molar-refractivity contribution < 1.29 is 14.6 Å². The lowest BCUT2D eigenvalue weighted by molar-refractivity contribution is -0.143. The summed E-state index contributed by atoms with van der Waals surface area (Å²) in [6.45, 7) is 6.80. The van der Waals surface area contributed by atoms with Gasteiger partial charge in [-0.3, -0.25) is 0 Å². The Kier molecular flexibility index (Phi) is 4.35. The van der Waals surface area contributed by atoms with Gasteiger partial charge >= 0.3 is 5.97 Å². The van der Waals surface area contributed by atoms with Gasteiger partial charge in [-0.05, 0) is 48.6 Å². The van der Waals surface area contributed by atoms with Gasteiger partial charge in [-0.15, -0.1) is 0 Å². The van der Waals surface area contributed by atoms with Crippen LogP contribution in [-0.4, -0.2) is 11.1 Å². The molecule has 0 saturated carbocycles. The molecule has 0 aliphatic heterocycles. The number of hydrogen-bond acceptors (Lipinski definition) is 3. The van der Waals surface area contributed by atoms with Gasteiger partial charge in [0.25, 0.3) is 0 Å². The van der Waals surface area contributed by atoms with Crippen molar-refractivity contribution >= 4 is 28.6 Å². The predicted molar refractivity (Wildman–Crippen MR) is 70.1 cm³/mol. The largest absolute Gasteiger partial charge is 0.507 e. The number of aromatic hydroxyl groups is 1. The average Bonchev–Trinajstić information content (AvgIpc) is 2.16. The molecule has 0 aliphatic rings. The lowest BCUT2D eigenvalue weighted by Crippen LogP contribution is -2.09. The lowest BCUT2D eigenvalue weighted by Gasteiger charge is -2.14. The number of carbonyl (C=O) groups is 1. The second-order valence-corrected chi connectivity index (χ2v) is 4.78. The van der Waals surface area contributed by atoms with Gasteiger partial charge in [0.2, 0.25) is 0 Å². The van der Waals surface area contributed by atoms with E-state index in [9.17, 15) is 9.90 Å². The number of carbonyl (C=O) groups excluding carboxylic acids is 1. The van der Waals surface area contributed by atoms with Crippen LogP contribution in [0.4, 0.5) is 0 Å². The fourth-order valence-corrected chi connectivity index (χ4v) is 1.66. The fraction of sp³-hybridized carbons (Fsp3) is 0.250. The molecule has 0 saturated heterocycles. The quantitative estimate of drug-likeness (QED) is 0.525. The molecule has 1 aromatic carbocycles. The number of rotatable bonds is 3. The summed E-state index contributed by atoms with van der Waals surface area (Å²) < 4.78 is 6.05. The molecule has 86 valence electrons. The molecule has 0 radical (unpaired) electrons. The Morgan fingerprint density at radius 2 is 2.19 bits per heavy atom. The summed E-state index contributed by atoms with van der Waals surface area (Å²) in [5.74, 6) is -0.320. The highest BCUT2D eigenvalue weighted by molar-refractivity contribution is 14.1. The van der Waals surface area contributed by atoms with Crippen molar-refractivity contribution in [3.8, 4) is 5.75 Å². The van der Waals surface area contributed by atoms with Crippen molar-refractivity contribution in [3.63, 3.8) is 0 Å². The summed E-state index contributed by atoms with van der Waals surface area (Å²) in [5, 5.41) is 9.69. The van der Waals surface area contributed by atoms with Crippen LogP contribution in [0.2, 0.25) is 0 Å². The molecular formula is C12H13IO3. The number of ether oxygens (including phenoxy) is 1. The number of phenolic OH excluding ortho intramolecular Hbond substituents is 1. The van der Waals surface area contributed by atoms with Gasteiger partial charge in [-0.2, -0.15) is 0 Å². The van der Waals surface area contributed by atoms with Crippen LogP contribution >= 0.6 is 22.6 Å². The normalized spacial score (nSPS) is 11.9. The summed E-state index contributed by atoms with van der Waals surface area (Å²) in [6.07, 6.45) is -0.485. The van der Waals surface area contributed by atoms with Crippen LogP contribution in [0.15, 0.2) is 30.4 Å². The predicted octanol–water partition coefficient (Wildman–Crippen LogP) is 3.18. The van der Waals surface area contributed by atoms with E-state index in [1.165, 1.54) is 0 Å². The third kappa shape index (κ3) is 3.23. The van der Waals surface area contributed by atoms with Crippen LogP contribution in [0.5, 0.6) is 5.75 Å². The maximum atomic E-state index is 11.3. The first-order valence-corrected chi connectivity index (χ1v) is 5.84. The first-order chi connectivity index (χ1) is 7.41. The molecule has 3 nitrogen and oxygen atoms in total. The Morgan fingerprint density at radius 1 is 1.56 bits per heavy atom. The molecule has 0 aromatic heterocycles. The number of phenols is 1. The van der Waals surface area contributed by atoms with Gasteiger partial charge in [0.15, 0.2) is 0 Å². The van der Waals surface area contributed by atoms with Crippen LogP contribution in [0.3, 0.4) is 0 Å². The molecule has 0 spiro atoms. The summed E-state index contributed by atoms with van der Waals surface area (Å²) in [5.41, 5.74) is 0.937. The van der Waals surface area contributed by atoms with Crippen LogP contribution in [0.25, 0.3) is 0 Å². The molecule has 1 rings (SSSR count). The zero-order chi connectivity index (χ0) is 12.3. The van der Waals surface area contributed by atoms with Crippen LogP contribution in [0, 0.1) is 3.57 Å². The number of halogens is 1. The highest BCUT2D eigenvalue weighted by atomic mass is 127. The number of hydrogen-bond donors (Lipinski definition) is 1. The standard InChI is InChI=1S/C12H13IO3/c1-7(2)12(15)16-8(3)10-5-4-9(13)6-11(10)14/h4-6,8,14H,1H2,2-3H3. The van der Waals surface area contributed by atoms with E-state index in [1.807, 2.05) is 6.07 Å². The van der Waals surface area contributed by atoms with Crippen molar-refractivity contribution in [2.24, 2.45) is 0 Å². The highest BCUT2D eigenvalue weighted by Crippen LogP contribution is 2.28. The molecular weight excluding hydrogens is 319 g/mol. The molecule has 1 unspecified atom stereocenters. The number of benzene rings is 1. The average molecular weight is 332 g/mol. The summed E-state index contributed by atoms with van der Waals surface area (Å²) in [4.78, 5) is 11.3. The Morgan fingerprint density at radius 3 is 2.69 bits per heavy atom. The molecule has 0 bridgehead atoms. The molecule has 0 fully saturated rings. The zero-order valence-corrected chi connectivity index (χ0v) is 11.3. The molecule has 0 amide bonds.